The van der Waals surface area contributed by atoms with Crippen LogP contribution in [0.4, 0.5) is 0 Å². The third kappa shape index (κ3) is 2.47. The Hall–Kier alpha value is -0.570. The van der Waals surface area contributed by atoms with Crippen LogP contribution in [0.5, 0.6) is 0 Å². The first-order valence-electron chi connectivity index (χ1n) is 5.73. The highest BCUT2D eigenvalue weighted by Crippen LogP contribution is 2.32. The van der Waals surface area contributed by atoms with E-state index in [0.29, 0.717) is 12.5 Å². The molecule has 1 unspecified atom stereocenters. The second kappa shape index (κ2) is 4.30. The molecule has 2 fully saturated rings. The highest BCUT2D eigenvalue weighted by molar-refractivity contribution is 5.78. The molecule has 0 aromatic rings. The van der Waals surface area contributed by atoms with E-state index in [1.54, 1.807) is 0 Å². The van der Waals surface area contributed by atoms with Crippen LogP contribution in [0.1, 0.15) is 38.5 Å². The summed E-state index contributed by atoms with van der Waals surface area (Å²) in [5.41, 5.74) is 0. The number of aliphatic hydroxyl groups is 1. The molecular formula is C11H19NO2. The number of nitrogens with one attached hydrogen (secondary N) is 1. The summed E-state index contributed by atoms with van der Waals surface area (Å²) < 4.78 is 0. The number of amides is 1. The Bertz CT molecular complexity index is 207. The van der Waals surface area contributed by atoms with E-state index in [1.807, 2.05) is 0 Å². The molecule has 2 saturated carbocycles. The van der Waals surface area contributed by atoms with Crippen LogP contribution in [0.25, 0.3) is 0 Å². The number of carbonyl (C=O) groups is 1. The van der Waals surface area contributed by atoms with Crippen molar-refractivity contribution in [2.75, 3.05) is 6.54 Å². The predicted octanol–water partition coefficient (Wildman–Crippen LogP) is 1.06. The lowest BCUT2D eigenvalue weighted by Crippen LogP contribution is -2.36. The van der Waals surface area contributed by atoms with Crippen LogP contribution in [-0.4, -0.2) is 23.7 Å². The van der Waals surface area contributed by atoms with Gasteiger partial charge in [0.1, 0.15) is 0 Å². The van der Waals surface area contributed by atoms with E-state index >= 15 is 0 Å². The van der Waals surface area contributed by atoms with E-state index in [2.05, 4.69) is 5.32 Å². The second-order valence-electron chi connectivity index (χ2n) is 4.63. The van der Waals surface area contributed by atoms with Crippen molar-refractivity contribution in [3.8, 4) is 0 Å². The molecule has 14 heavy (non-hydrogen) atoms. The van der Waals surface area contributed by atoms with Gasteiger partial charge >= 0.3 is 0 Å². The van der Waals surface area contributed by atoms with Gasteiger partial charge in [0.15, 0.2) is 0 Å². The molecule has 2 aliphatic rings. The van der Waals surface area contributed by atoms with E-state index in [4.69, 9.17) is 0 Å². The predicted molar refractivity (Wildman–Crippen MR) is 53.7 cm³/mol. The van der Waals surface area contributed by atoms with E-state index in [-0.39, 0.29) is 17.9 Å². The highest BCUT2D eigenvalue weighted by Gasteiger charge is 2.30. The van der Waals surface area contributed by atoms with Crippen molar-refractivity contribution in [1.29, 1.82) is 0 Å². The van der Waals surface area contributed by atoms with Gasteiger partial charge in [-0.2, -0.15) is 0 Å². The summed E-state index contributed by atoms with van der Waals surface area (Å²) in [5, 5.41) is 12.4. The zero-order valence-electron chi connectivity index (χ0n) is 8.54. The fraction of sp³-hybridized carbons (Fsp3) is 0.909. The largest absolute Gasteiger partial charge is 0.391 e. The molecule has 0 radical (unpaired) electrons. The fourth-order valence-corrected chi connectivity index (χ4v) is 2.19. The smallest absolute Gasteiger partial charge is 0.223 e. The van der Waals surface area contributed by atoms with Crippen LogP contribution in [-0.2, 0) is 4.79 Å². The Kier molecular flexibility index (Phi) is 3.06. The molecule has 0 heterocycles. The van der Waals surface area contributed by atoms with Gasteiger partial charge in [-0.15, -0.1) is 0 Å². The molecule has 0 aromatic carbocycles. The van der Waals surface area contributed by atoms with Gasteiger partial charge in [0.05, 0.1) is 6.10 Å². The van der Waals surface area contributed by atoms with Gasteiger partial charge in [-0.1, -0.05) is 12.8 Å². The molecule has 3 nitrogen and oxygen atoms in total. The molecule has 2 aliphatic carbocycles. The van der Waals surface area contributed by atoms with Gasteiger partial charge in [-0.25, -0.2) is 0 Å². The average molecular weight is 197 g/mol. The quantitative estimate of drug-likeness (QED) is 0.708. The monoisotopic (exact) mass is 197 g/mol. The first kappa shape index (κ1) is 9.97. The van der Waals surface area contributed by atoms with E-state index in [1.165, 1.54) is 12.8 Å². The molecule has 1 amide bonds. The number of hydrogen-bond donors (Lipinski definition) is 2. The van der Waals surface area contributed by atoms with Crippen molar-refractivity contribution in [3.05, 3.63) is 0 Å². The molecule has 0 aromatic heterocycles. The maximum atomic E-state index is 11.6. The zero-order valence-corrected chi connectivity index (χ0v) is 8.54. The summed E-state index contributed by atoms with van der Waals surface area (Å²) in [5.74, 6) is 0.836. The van der Waals surface area contributed by atoms with Gasteiger partial charge in [0.25, 0.3) is 0 Å². The first-order chi connectivity index (χ1) is 6.77. The third-order valence-electron chi connectivity index (χ3n) is 3.38. The molecule has 0 bridgehead atoms. The van der Waals surface area contributed by atoms with Crippen LogP contribution in [0, 0.1) is 11.8 Å². The Balaban J connectivity index is 1.66. The Morgan fingerprint density at radius 3 is 2.50 bits per heavy atom. The maximum absolute atomic E-state index is 11.6. The van der Waals surface area contributed by atoms with Gasteiger partial charge < -0.3 is 10.4 Å². The minimum Gasteiger partial charge on any atom is -0.391 e. The van der Waals surface area contributed by atoms with Crippen molar-refractivity contribution < 1.29 is 9.90 Å². The van der Waals surface area contributed by atoms with Crippen LogP contribution < -0.4 is 5.32 Å². The minimum absolute atomic E-state index is 0.155. The molecule has 3 heteroatoms. The number of carbonyl (C=O) groups excluding carboxylic acids is 1. The molecule has 0 spiro atoms. The van der Waals surface area contributed by atoms with Crippen molar-refractivity contribution >= 4 is 5.91 Å². The second-order valence-corrected chi connectivity index (χ2v) is 4.63. The fourth-order valence-electron chi connectivity index (χ4n) is 2.19. The van der Waals surface area contributed by atoms with Crippen molar-refractivity contribution in [2.24, 2.45) is 11.8 Å². The van der Waals surface area contributed by atoms with Crippen LogP contribution in [0.3, 0.4) is 0 Å². The summed E-state index contributed by atoms with van der Waals surface area (Å²) >= 11 is 0. The number of hydrogen-bond acceptors (Lipinski definition) is 2. The summed E-state index contributed by atoms with van der Waals surface area (Å²) in [6.07, 6.45) is 6.38. The normalized spacial score (nSPS) is 24.9. The summed E-state index contributed by atoms with van der Waals surface area (Å²) in [6, 6.07) is 0. The molecule has 1 atom stereocenters. The average Bonchev–Trinajstić information content (AvgIpc) is 2.90. The van der Waals surface area contributed by atoms with Gasteiger partial charge in [0, 0.05) is 12.5 Å². The minimum atomic E-state index is -0.305. The van der Waals surface area contributed by atoms with Gasteiger partial charge in [-0.3, -0.25) is 4.79 Å². The SMILES string of the molecule is O=C(NCC(O)C1CC1)C1CCCC1. The number of aliphatic hydroxyl groups excluding tert-OH is 1. The number of rotatable bonds is 4. The Morgan fingerprint density at radius 2 is 1.93 bits per heavy atom. The zero-order chi connectivity index (χ0) is 9.97. The molecule has 80 valence electrons. The van der Waals surface area contributed by atoms with Crippen LogP contribution in [0.15, 0.2) is 0 Å². The summed E-state index contributed by atoms with van der Waals surface area (Å²) in [7, 11) is 0. The van der Waals surface area contributed by atoms with Crippen molar-refractivity contribution in [1.82, 2.24) is 5.32 Å². The first-order valence-corrected chi connectivity index (χ1v) is 5.73. The lowest BCUT2D eigenvalue weighted by atomic mass is 10.1. The van der Waals surface area contributed by atoms with Crippen molar-refractivity contribution in [2.45, 2.75) is 44.6 Å². The lowest BCUT2D eigenvalue weighted by molar-refractivity contribution is -0.125. The standard InChI is InChI=1S/C11H19NO2/c13-10(8-5-6-8)7-12-11(14)9-3-1-2-4-9/h8-10,13H,1-7H2,(H,12,14). The lowest BCUT2D eigenvalue weighted by Gasteiger charge is -2.13. The van der Waals surface area contributed by atoms with Crippen LogP contribution in [0.2, 0.25) is 0 Å². The molecule has 0 saturated heterocycles. The molecule has 2 N–H and O–H groups in total. The Labute approximate surface area is 84.9 Å². The summed E-state index contributed by atoms with van der Waals surface area (Å²) in [6.45, 7) is 0.458. The van der Waals surface area contributed by atoms with Gasteiger partial charge in [-0.05, 0) is 31.6 Å². The van der Waals surface area contributed by atoms with E-state index in [9.17, 15) is 9.90 Å². The van der Waals surface area contributed by atoms with E-state index in [0.717, 1.165) is 25.7 Å². The molecular weight excluding hydrogens is 178 g/mol. The summed E-state index contributed by atoms with van der Waals surface area (Å²) in [4.78, 5) is 11.6. The maximum Gasteiger partial charge on any atom is 0.223 e. The Morgan fingerprint density at radius 1 is 1.29 bits per heavy atom. The van der Waals surface area contributed by atoms with Crippen molar-refractivity contribution in [3.63, 3.8) is 0 Å². The van der Waals surface area contributed by atoms with E-state index < -0.39 is 0 Å². The molecule has 0 aliphatic heterocycles. The topological polar surface area (TPSA) is 49.3 Å². The van der Waals surface area contributed by atoms with Gasteiger partial charge in [0.2, 0.25) is 5.91 Å². The highest BCUT2D eigenvalue weighted by atomic mass is 16.3. The van der Waals surface area contributed by atoms with Crippen LogP contribution >= 0.6 is 0 Å². The molecule has 2 rings (SSSR count). The third-order valence-corrected chi connectivity index (χ3v) is 3.38.